The van der Waals surface area contributed by atoms with Gasteiger partial charge in [0, 0.05) is 16.3 Å². The minimum absolute atomic E-state index is 0.0707. The van der Waals surface area contributed by atoms with E-state index in [4.69, 9.17) is 11.6 Å². The van der Waals surface area contributed by atoms with Crippen molar-refractivity contribution in [2.24, 2.45) is 0 Å². The van der Waals surface area contributed by atoms with Crippen molar-refractivity contribution in [3.8, 4) is 0 Å². The maximum Gasteiger partial charge on any atom is 0.256 e. The summed E-state index contributed by atoms with van der Waals surface area (Å²) in [5, 5.41) is 3.50. The van der Waals surface area contributed by atoms with Gasteiger partial charge in [0.2, 0.25) is 0 Å². The zero-order valence-corrected chi connectivity index (χ0v) is 11.2. The van der Waals surface area contributed by atoms with E-state index in [9.17, 15) is 4.79 Å². The van der Waals surface area contributed by atoms with Crippen LogP contribution in [-0.2, 0) is 4.79 Å². The van der Waals surface area contributed by atoms with E-state index in [0.717, 1.165) is 22.4 Å². The fourth-order valence-corrected chi connectivity index (χ4v) is 2.52. The van der Waals surface area contributed by atoms with Crippen molar-refractivity contribution in [1.29, 1.82) is 0 Å². The highest BCUT2D eigenvalue weighted by atomic mass is 35.5. The first-order chi connectivity index (χ1) is 9.16. The van der Waals surface area contributed by atoms with Crippen molar-refractivity contribution in [2.45, 2.75) is 6.92 Å². The molecule has 2 aromatic rings. The summed E-state index contributed by atoms with van der Waals surface area (Å²) >= 11 is 6.03. The van der Waals surface area contributed by atoms with Gasteiger partial charge in [-0.2, -0.15) is 0 Å². The Morgan fingerprint density at radius 2 is 1.84 bits per heavy atom. The molecule has 3 rings (SSSR count). The maximum absolute atomic E-state index is 12.1. The normalized spacial score (nSPS) is 16.0. The smallest absolute Gasteiger partial charge is 0.256 e. The van der Waals surface area contributed by atoms with Gasteiger partial charge in [0.1, 0.15) is 0 Å². The third kappa shape index (κ3) is 2.04. The number of anilines is 1. The molecule has 0 bridgehead atoms. The van der Waals surface area contributed by atoms with Crippen molar-refractivity contribution in [3.63, 3.8) is 0 Å². The number of fused-ring (bicyclic) bond motifs is 1. The average molecular weight is 270 g/mol. The van der Waals surface area contributed by atoms with Crippen LogP contribution in [0, 0.1) is 0 Å². The minimum atomic E-state index is -0.0707. The zero-order chi connectivity index (χ0) is 13.4. The van der Waals surface area contributed by atoms with Crippen LogP contribution in [0.4, 0.5) is 5.69 Å². The van der Waals surface area contributed by atoms with Crippen LogP contribution in [0.25, 0.3) is 11.1 Å². The van der Waals surface area contributed by atoms with Crippen LogP contribution in [0.15, 0.2) is 48.5 Å². The van der Waals surface area contributed by atoms with E-state index >= 15 is 0 Å². The van der Waals surface area contributed by atoms with E-state index in [0.29, 0.717) is 10.6 Å². The van der Waals surface area contributed by atoms with Gasteiger partial charge in [0.25, 0.3) is 5.91 Å². The number of hydrogen-bond donors (Lipinski definition) is 1. The third-order valence-corrected chi connectivity index (χ3v) is 3.54. The van der Waals surface area contributed by atoms with Crippen LogP contribution in [-0.4, -0.2) is 5.91 Å². The van der Waals surface area contributed by atoms with E-state index in [1.165, 1.54) is 0 Å². The van der Waals surface area contributed by atoms with Gasteiger partial charge in [-0.25, -0.2) is 0 Å². The molecule has 19 heavy (non-hydrogen) atoms. The summed E-state index contributed by atoms with van der Waals surface area (Å²) in [4.78, 5) is 12.1. The SMILES string of the molecule is C/C(=C1/C(=O)Nc2ccc(Cl)cc21)c1ccccc1. The number of benzene rings is 2. The molecule has 1 aliphatic heterocycles. The van der Waals surface area contributed by atoms with Crippen LogP contribution < -0.4 is 5.32 Å². The molecular weight excluding hydrogens is 258 g/mol. The number of carbonyl (C=O) groups is 1. The Morgan fingerprint density at radius 1 is 1.11 bits per heavy atom. The van der Waals surface area contributed by atoms with Gasteiger partial charge in [-0.05, 0) is 36.3 Å². The summed E-state index contributed by atoms with van der Waals surface area (Å²) in [6.07, 6.45) is 0. The summed E-state index contributed by atoms with van der Waals surface area (Å²) in [5.41, 5.74) is 4.39. The van der Waals surface area contributed by atoms with Crippen molar-refractivity contribution in [3.05, 3.63) is 64.7 Å². The lowest BCUT2D eigenvalue weighted by molar-refractivity contribution is -0.110. The Balaban J connectivity index is 2.21. The lowest BCUT2D eigenvalue weighted by Gasteiger charge is -2.06. The van der Waals surface area contributed by atoms with Gasteiger partial charge < -0.3 is 5.32 Å². The Kier molecular flexibility index (Phi) is 2.88. The molecule has 2 aromatic carbocycles. The Labute approximate surface area is 116 Å². The molecule has 2 nitrogen and oxygen atoms in total. The second kappa shape index (κ2) is 4.56. The second-order valence-electron chi connectivity index (χ2n) is 4.51. The standard InChI is InChI=1S/C16H12ClNO/c1-10(11-5-3-2-4-6-11)15-13-9-12(17)7-8-14(13)18-16(15)19/h2-9H,1H3,(H,18,19)/b15-10-. The van der Waals surface area contributed by atoms with E-state index in [1.807, 2.05) is 49.4 Å². The summed E-state index contributed by atoms with van der Waals surface area (Å²) in [7, 11) is 0. The first-order valence-electron chi connectivity index (χ1n) is 6.04. The highest BCUT2D eigenvalue weighted by molar-refractivity contribution is 6.38. The molecule has 0 fully saturated rings. The van der Waals surface area contributed by atoms with Crippen molar-refractivity contribution in [2.75, 3.05) is 5.32 Å². The quantitative estimate of drug-likeness (QED) is 0.772. The fourth-order valence-electron chi connectivity index (χ4n) is 2.34. The topological polar surface area (TPSA) is 29.1 Å². The Hall–Kier alpha value is -2.06. The van der Waals surface area contributed by atoms with Gasteiger partial charge in [-0.3, -0.25) is 4.79 Å². The molecule has 94 valence electrons. The molecule has 0 spiro atoms. The Bertz CT molecular complexity index is 689. The van der Waals surface area contributed by atoms with Gasteiger partial charge >= 0.3 is 0 Å². The molecule has 1 heterocycles. The van der Waals surface area contributed by atoms with Crippen molar-refractivity contribution < 1.29 is 4.79 Å². The van der Waals surface area contributed by atoms with E-state index in [2.05, 4.69) is 5.32 Å². The number of allylic oxidation sites excluding steroid dienone is 1. The highest BCUT2D eigenvalue weighted by Crippen LogP contribution is 2.38. The predicted octanol–water partition coefficient (Wildman–Crippen LogP) is 4.22. The predicted molar refractivity (Wildman–Crippen MR) is 79.0 cm³/mol. The molecule has 0 unspecified atom stereocenters. The molecule has 0 aromatic heterocycles. The largest absolute Gasteiger partial charge is 0.321 e. The molecule has 0 saturated heterocycles. The molecule has 1 aliphatic rings. The summed E-state index contributed by atoms with van der Waals surface area (Å²) in [6.45, 7) is 1.96. The molecule has 0 atom stereocenters. The van der Waals surface area contributed by atoms with Gasteiger partial charge in [0.05, 0.1) is 5.57 Å². The second-order valence-corrected chi connectivity index (χ2v) is 4.95. The summed E-state index contributed by atoms with van der Waals surface area (Å²) in [5.74, 6) is -0.0707. The number of amides is 1. The third-order valence-electron chi connectivity index (χ3n) is 3.31. The van der Waals surface area contributed by atoms with E-state index in [-0.39, 0.29) is 5.91 Å². The number of carbonyl (C=O) groups excluding carboxylic acids is 1. The number of rotatable bonds is 1. The Morgan fingerprint density at radius 3 is 2.58 bits per heavy atom. The molecule has 1 N–H and O–H groups in total. The monoisotopic (exact) mass is 269 g/mol. The van der Waals surface area contributed by atoms with Gasteiger partial charge in [-0.1, -0.05) is 41.9 Å². The van der Waals surface area contributed by atoms with Crippen molar-refractivity contribution in [1.82, 2.24) is 0 Å². The molecule has 3 heteroatoms. The maximum atomic E-state index is 12.1. The number of halogens is 1. The number of hydrogen-bond acceptors (Lipinski definition) is 1. The first kappa shape index (κ1) is 12.0. The lowest BCUT2D eigenvalue weighted by atomic mass is 9.97. The van der Waals surface area contributed by atoms with Gasteiger partial charge in [-0.15, -0.1) is 0 Å². The number of nitrogens with one attached hydrogen (secondary N) is 1. The van der Waals surface area contributed by atoms with Crippen molar-refractivity contribution >= 4 is 34.3 Å². The van der Waals surface area contributed by atoms with E-state index in [1.54, 1.807) is 6.07 Å². The van der Waals surface area contributed by atoms with Crippen LogP contribution in [0.2, 0.25) is 5.02 Å². The van der Waals surface area contributed by atoms with Crippen LogP contribution >= 0.6 is 11.6 Å². The lowest BCUT2D eigenvalue weighted by Crippen LogP contribution is -2.05. The highest BCUT2D eigenvalue weighted by Gasteiger charge is 2.26. The molecular formula is C16H12ClNO. The van der Waals surface area contributed by atoms with Crippen LogP contribution in [0.1, 0.15) is 18.1 Å². The summed E-state index contributed by atoms with van der Waals surface area (Å²) < 4.78 is 0. The zero-order valence-electron chi connectivity index (χ0n) is 10.4. The first-order valence-corrected chi connectivity index (χ1v) is 6.42. The van der Waals surface area contributed by atoms with E-state index < -0.39 is 0 Å². The fraction of sp³-hybridized carbons (Fsp3) is 0.0625. The molecule has 1 amide bonds. The molecule has 0 radical (unpaired) electrons. The van der Waals surface area contributed by atoms with Crippen LogP contribution in [0.5, 0.6) is 0 Å². The van der Waals surface area contributed by atoms with Gasteiger partial charge in [0.15, 0.2) is 0 Å². The van der Waals surface area contributed by atoms with Crippen LogP contribution in [0.3, 0.4) is 0 Å². The summed E-state index contributed by atoms with van der Waals surface area (Å²) in [6, 6.07) is 15.3. The minimum Gasteiger partial charge on any atom is -0.321 e. The average Bonchev–Trinajstić information content (AvgIpc) is 2.74. The molecule has 0 saturated carbocycles. The molecule has 0 aliphatic carbocycles.